The zero-order chi connectivity index (χ0) is 18.6. The summed E-state index contributed by atoms with van der Waals surface area (Å²) >= 11 is 5.54. The number of halogens is 4. The Bertz CT molecular complexity index is 789. The first kappa shape index (κ1) is 18.8. The van der Waals surface area contributed by atoms with Gasteiger partial charge in [-0.05, 0) is 35.9 Å². The fraction of sp³-hybridized carbons (Fsp3) is 0.176. The topological polar surface area (TPSA) is 58.2 Å². The van der Waals surface area contributed by atoms with Gasteiger partial charge < -0.3 is 10.6 Å². The van der Waals surface area contributed by atoms with Gasteiger partial charge in [0, 0.05) is 18.3 Å². The van der Waals surface area contributed by atoms with Crippen molar-refractivity contribution < 1.29 is 22.8 Å². The zero-order valence-electron chi connectivity index (χ0n) is 13.1. The third-order valence-corrected chi connectivity index (χ3v) is 3.52. The molecule has 2 rings (SSSR count). The van der Waals surface area contributed by atoms with Crippen molar-refractivity contribution in [1.29, 1.82) is 0 Å². The molecule has 0 aliphatic carbocycles. The molecule has 0 spiro atoms. The summed E-state index contributed by atoms with van der Waals surface area (Å²) in [7, 11) is 0. The fourth-order valence-electron chi connectivity index (χ4n) is 2.12. The number of hydrogen-bond acceptors (Lipinski definition) is 2. The molecule has 0 radical (unpaired) electrons. The van der Waals surface area contributed by atoms with E-state index in [9.17, 15) is 22.8 Å². The molecule has 132 valence electrons. The Kier molecular flexibility index (Phi) is 5.69. The number of carbonyl (C=O) groups excluding carboxylic acids is 2. The van der Waals surface area contributed by atoms with Crippen LogP contribution in [0.1, 0.15) is 18.1 Å². The second-order valence-corrected chi connectivity index (χ2v) is 5.70. The monoisotopic (exact) mass is 370 g/mol. The van der Waals surface area contributed by atoms with Crippen LogP contribution in [-0.4, -0.2) is 11.8 Å². The highest BCUT2D eigenvalue weighted by atomic mass is 35.5. The number of benzene rings is 2. The Morgan fingerprint density at radius 2 is 1.60 bits per heavy atom. The Morgan fingerprint density at radius 3 is 2.16 bits per heavy atom. The Balaban J connectivity index is 2.04. The molecule has 0 bridgehead atoms. The lowest BCUT2D eigenvalue weighted by Crippen LogP contribution is -2.15. The van der Waals surface area contributed by atoms with Gasteiger partial charge in [0.1, 0.15) is 0 Å². The minimum Gasteiger partial charge on any atom is -0.326 e. The summed E-state index contributed by atoms with van der Waals surface area (Å²) < 4.78 is 38.4. The quantitative estimate of drug-likeness (QED) is 0.832. The number of alkyl halides is 3. The highest BCUT2D eigenvalue weighted by Gasteiger charge is 2.33. The first-order valence-electron chi connectivity index (χ1n) is 7.18. The minimum absolute atomic E-state index is 0.0107. The summed E-state index contributed by atoms with van der Waals surface area (Å²) in [5.74, 6) is -0.684. The van der Waals surface area contributed by atoms with Gasteiger partial charge >= 0.3 is 6.18 Å². The van der Waals surface area contributed by atoms with Gasteiger partial charge in [-0.3, -0.25) is 9.59 Å². The average Bonchev–Trinajstić information content (AvgIpc) is 2.49. The van der Waals surface area contributed by atoms with Crippen LogP contribution in [0.5, 0.6) is 0 Å². The maximum atomic E-state index is 12.8. The second-order valence-electron chi connectivity index (χ2n) is 5.30. The maximum Gasteiger partial charge on any atom is 0.417 e. The molecule has 0 unspecified atom stereocenters. The summed E-state index contributed by atoms with van der Waals surface area (Å²) in [5, 5.41) is 4.57. The molecule has 25 heavy (non-hydrogen) atoms. The molecular formula is C17H14ClF3N2O2. The molecule has 0 fully saturated rings. The van der Waals surface area contributed by atoms with E-state index in [0.29, 0.717) is 11.3 Å². The number of rotatable bonds is 4. The van der Waals surface area contributed by atoms with Crippen molar-refractivity contribution in [2.45, 2.75) is 19.5 Å². The van der Waals surface area contributed by atoms with Gasteiger partial charge in [0.05, 0.1) is 17.0 Å². The van der Waals surface area contributed by atoms with Gasteiger partial charge in [0.15, 0.2) is 0 Å². The molecule has 0 saturated heterocycles. The Morgan fingerprint density at radius 1 is 1.00 bits per heavy atom. The van der Waals surface area contributed by atoms with Crippen LogP contribution in [0.2, 0.25) is 5.02 Å². The van der Waals surface area contributed by atoms with E-state index < -0.39 is 22.7 Å². The largest absolute Gasteiger partial charge is 0.417 e. The number of anilines is 2. The van der Waals surface area contributed by atoms with Gasteiger partial charge in [-0.2, -0.15) is 13.2 Å². The normalized spacial score (nSPS) is 11.1. The molecule has 0 aliphatic rings. The van der Waals surface area contributed by atoms with Gasteiger partial charge in [0.2, 0.25) is 11.8 Å². The first-order valence-corrected chi connectivity index (χ1v) is 7.56. The lowest BCUT2D eigenvalue weighted by molar-refractivity contribution is -0.137. The summed E-state index contributed by atoms with van der Waals surface area (Å²) in [6.07, 6.45) is -4.62. The van der Waals surface area contributed by atoms with E-state index in [1.807, 2.05) is 0 Å². The molecule has 8 heteroatoms. The first-order chi connectivity index (χ1) is 11.6. The molecule has 2 amide bonds. The van der Waals surface area contributed by atoms with Crippen LogP contribution in [0.15, 0.2) is 42.5 Å². The zero-order valence-corrected chi connectivity index (χ0v) is 13.8. The number of hydrogen-bond donors (Lipinski definition) is 2. The van der Waals surface area contributed by atoms with Crippen LogP contribution >= 0.6 is 11.6 Å². The van der Waals surface area contributed by atoms with E-state index in [1.165, 1.54) is 13.0 Å². The molecule has 2 N–H and O–H groups in total. The van der Waals surface area contributed by atoms with Gasteiger partial charge in [-0.15, -0.1) is 0 Å². The van der Waals surface area contributed by atoms with E-state index in [4.69, 9.17) is 11.6 Å². The van der Waals surface area contributed by atoms with Crippen LogP contribution in [0, 0.1) is 0 Å². The van der Waals surface area contributed by atoms with Crippen molar-refractivity contribution in [3.63, 3.8) is 0 Å². The van der Waals surface area contributed by atoms with Crippen molar-refractivity contribution in [1.82, 2.24) is 0 Å². The van der Waals surface area contributed by atoms with Crippen molar-refractivity contribution in [2.24, 2.45) is 0 Å². The minimum atomic E-state index is -4.60. The third-order valence-electron chi connectivity index (χ3n) is 3.19. The average molecular weight is 371 g/mol. The van der Waals surface area contributed by atoms with Gasteiger partial charge in [-0.25, -0.2) is 0 Å². The van der Waals surface area contributed by atoms with E-state index >= 15 is 0 Å². The van der Waals surface area contributed by atoms with Crippen LogP contribution in [0.25, 0.3) is 0 Å². The SMILES string of the molecule is CC(=O)Nc1ccc(CC(=O)Nc2ccc(Cl)c(C(F)(F)F)c2)cc1. The summed E-state index contributed by atoms with van der Waals surface area (Å²) in [6, 6.07) is 9.74. The standard InChI is InChI=1S/C17H14ClF3N2O2/c1-10(24)22-12-4-2-11(3-5-12)8-16(25)23-13-6-7-15(18)14(9-13)17(19,20)21/h2-7,9H,8H2,1H3,(H,22,24)(H,23,25). The molecule has 0 aliphatic heterocycles. The second kappa shape index (κ2) is 7.57. The highest BCUT2D eigenvalue weighted by Crippen LogP contribution is 2.36. The number of carbonyl (C=O) groups is 2. The van der Waals surface area contributed by atoms with E-state index in [-0.39, 0.29) is 18.0 Å². The van der Waals surface area contributed by atoms with Crippen molar-refractivity contribution in [3.8, 4) is 0 Å². The molecule has 2 aromatic carbocycles. The van der Waals surface area contributed by atoms with Crippen LogP contribution in [0.3, 0.4) is 0 Å². The van der Waals surface area contributed by atoms with Crippen molar-refractivity contribution in [2.75, 3.05) is 10.6 Å². The van der Waals surface area contributed by atoms with Gasteiger partial charge in [0.25, 0.3) is 0 Å². The number of amides is 2. The van der Waals surface area contributed by atoms with Crippen LogP contribution in [0.4, 0.5) is 24.5 Å². The molecule has 4 nitrogen and oxygen atoms in total. The summed E-state index contributed by atoms with van der Waals surface area (Å²) in [5.41, 5.74) is 0.240. The molecule has 2 aromatic rings. The molecule has 0 saturated carbocycles. The Hall–Kier alpha value is -2.54. The smallest absolute Gasteiger partial charge is 0.326 e. The molecular weight excluding hydrogens is 357 g/mol. The lowest BCUT2D eigenvalue weighted by atomic mass is 10.1. The summed E-state index contributed by atoms with van der Waals surface area (Å²) in [4.78, 5) is 22.9. The molecule has 0 aromatic heterocycles. The number of nitrogens with one attached hydrogen (secondary N) is 2. The Labute approximate surface area is 147 Å². The van der Waals surface area contributed by atoms with Crippen LogP contribution < -0.4 is 10.6 Å². The van der Waals surface area contributed by atoms with E-state index in [1.54, 1.807) is 24.3 Å². The van der Waals surface area contributed by atoms with Crippen molar-refractivity contribution >= 4 is 34.8 Å². The van der Waals surface area contributed by atoms with E-state index in [0.717, 1.165) is 12.1 Å². The predicted octanol–water partition coefficient (Wildman–Crippen LogP) is 4.50. The van der Waals surface area contributed by atoms with Crippen LogP contribution in [-0.2, 0) is 22.2 Å². The van der Waals surface area contributed by atoms with Crippen molar-refractivity contribution in [3.05, 3.63) is 58.6 Å². The van der Waals surface area contributed by atoms with Gasteiger partial charge in [-0.1, -0.05) is 23.7 Å². The molecule has 0 heterocycles. The van der Waals surface area contributed by atoms with E-state index in [2.05, 4.69) is 10.6 Å². The lowest BCUT2D eigenvalue weighted by Gasteiger charge is -2.12. The summed E-state index contributed by atoms with van der Waals surface area (Å²) in [6.45, 7) is 1.38. The molecule has 0 atom stereocenters. The fourth-order valence-corrected chi connectivity index (χ4v) is 2.34. The highest BCUT2D eigenvalue weighted by molar-refractivity contribution is 6.31. The third kappa shape index (κ3) is 5.49. The maximum absolute atomic E-state index is 12.8. The predicted molar refractivity (Wildman–Crippen MR) is 89.5 cm³/mol.